The molecule has 2 atom stereocenters. The Morgan fingerprint density at radius 3 is 2.81 bits per heavy atom. The second kappa shape index (κ2) is 5.65. The predicted octanol–water partition coefficient (Wildman–Crippen LogP) is 3.92. The molecule has 1 saturated heterocycles. The predicted molar refractivity (Wildman–Crippen MR) is 75.5 cm³/mol. The molecule has 1 aromatic rings. The fourth-order valence-corrected chi connectivity index (χ4v) is 3.64. The van der Waals surface area contributed by atoms with Crippen molar-refractivity contribution in [2.24, 2.45) is 5.92 Å². The van der Waals surface area contributed by atoms with Gasteiger partial charge in [-0.3, -0.25) is 4.90 Å². The van der Waals surface area contributed by atoms with Crippen LogP contribution in [-0.4, -0.2) is 22.8 Å². The van der Waals surface area contributed by atoms with Gasteiger partial charge in [-0.15, -0.1) is 11.3 Å². The number of alkyl halides is 1. The first-order chi connectivity index (χ1) is 7.69. The Bertz CT molecular complexity index is 336. The molecule has 90 valence electrons. The van der Waals surface area contributed by atoms with Crippen LogP contribution in [0.25, 0.3) is 0 Å². The second-order valence-corrected chi connectivity index (χ2v) is 7.17. The minimum absolute atomic E-state index is 0.721. The molecule has 1 aliphatic heterocycles. The first-order valence-corrected chi connectivity index (χ1v) is 7.86. The molecule has 16 heavy (non-hydrogen) atoms. The first kappa shape index (κ1) is 12.6. The molecule has 3 heteroatoms. The lowest BCUT2D eigenvalue weighted by Crippen LogP contribution is -2.38. The van der Waals surface area contributed by atoms with Crippen LogP contribution in [0, 0.1) is 5.92 Å². The van der Waals surface area contributed by atoms with Crippen LogP contribution in [0.5, 0.6) is 0 Å². The van der Waals surface area contributed by atoms with Crippen LogP contribution < -0.4 is 0 Å². The molecule has 0 spiro atoms. The van der Waals surface area contributed by atoms with Gasteiger partial charge in [0.15, 0.2) is 0 Å². The lowest BCUT2D eigenvalue weighted by Gasteiger charge is -2.33. The Morgan fingerprint density at radius 1 is 1.44 bits per heavy atom. The van der Waals surface area contributed by atoms with E-state index in [0.717, 1.165) is 17.3 Å². The Morgan fingerprint density at radius 2 is 2.19 bits per heavy atom. The third-order valence-electron chi connectivity index (χ3n) is 3.33. The zero-order valence-corrected chi connectivity index (χ0v) is 12.5. The highest BCUT2D eigenvalue weighted by atomic mass is 79.9. The van der Waals surface area contributed by atoms with Crippen LogP contribution in [0.4, 0.5) is 0 Å². The van der Waals surface area contributed by atoms with Crippen LogP contribution in [0.3, 0.4) is 0 Å². The van der Waals surface area contributed by atoms with Crippen LogP contribution in [-0.2, 0) is 13.0 Å². The molecule has 0 bridgehead atoms. The topological polar surface area (TPSA) is 3.24 Å². The number of piperidine rings is 1. The maximum Gasteiger partial charge on any atom is 0.0328 e. The van der Waals surface area contributed by atoms with Gasteiger partial charge >= 0.3 is 0 Å². The van der Waals surface area contributed by atoms with Gasteiger partial charge in [-0.05, 0) is 37.4 Å². The standard InChI is InChI=1S/C13H20BrNS/c1-3-11-4-5-12(16-11)9-15-7-6-13(14)10(2)8-15/h4-5,10,13H,3,6-9H2,1-2H3. The summed E-state index contributed by atoms with van der Waals surface area (Å²) in [5.74, 6) is 0.777. The van der Waals surface area contributed by atoms with Gasteiger partial charge in [0.1, 0.15) is 0 Å². The van der Waals surface area contributed by atoms with Crippen molar-refractivity contribution in [3.05, 3.63) is 21.9 Å². The van der Waals surface area contributed by atoms with Crippen molar-refractivity contribution in [2.45, 2.75) is 38.1 Å². The zero-order chi connectivity index (χ0) is 11.5. The van der Waals surface area contributed by atoms with Crippen molar-refractivity contribution in [1.29, 1.82) is 0 Å². The van der Waals surface area contributed by atoms with Crippen LogP contribution in [0.1, 0.15) is 30.0 Å². The largest absolute Gasteiger partial charge is 0.298 e. The van der Waals surface area contributed by atoms with E-state index in [0.29, 0.717) is 0 Å². The summed E-state index contributed by atoms with van der Waals surface area (Å²) in [7, 11) is 0. The molecule has 0 aromatic carbocycles. The molecule has 0 N–H and O–H groups in total. The summed E-state index contributed by atoms with van der Waals surface area (Å²) in [6.45, 7) is 8.19. The van der Waals surface area contributed by atoms with Crippen molar-refractivity contribution in [2.75, 3.05) is 13.1 Å². The molecule has 1 nitrogen and oxygen atoms in total. The van der Waals surface area contributed by atoms with Crippen LogP contribution in [0.15, 0.2) is 12.1 Å². The third-order valence-corrected chi connectivity index (χ3v) is 5.90. The highest BCUT2D eigenvalue weighted by Gasteiger charge is 2.23. The van der Waals surface area contributed by atoms with E-state index in [1.54, 1.807) is 0 Å². The van der Waals surface area contributed by atoms with Crippen LogP contribution >= 0.6 is 27.3 Å². The second-order valence-electron chi connectivity index (χ2n) is 4.74. The molecule has 0 aliphatic carbocycles. The van der Waals surface area contributed by atoms with Gasteiger partial charge in [-0.2, -0.15) is 0 Å². The van der Waals surface area contributed by atoms with E-state index in [1.165, 1.54) is 35.7 Å². The Balaban J connectivity index is 1.90. The molecule has 0 saturated carbocycles. The maximum atomic E-state index is 3.76. The molecule has 0 amide bonds. The van der Waals surface area contributed by atoms with E-state index >= 15 is 0 Å². The first-order valence-electron chi connectivity index (χ1n) is 6.13. The molecule has 1 fully saturated rings. The van der Waals surface area contributed by atoms with Crippen molar-refractivity contribution in [1.82, 2.24) is 4.90 Å². The summed E-state index contributed by atoms with van der Waals surface area (Å²) in [5, 5.41) is 0. The van der Waals surface area contributed by atoms with Crippen LogP contribution in [0.2, 0.25) is 0 Å². The fourth-order valence-electron chi connectivity index (χ4n) is 2.26. The Hall–Kier alpha value is 0.140. The number of hydrogen-bond acceptors (Lipinski definition) is 2. The number of thiophene rings is 1. The van der Waals surface area contributed by atoms with Crippen molar-refractivity contribution >= 4 is 27.3 Å². The van der Waals surface area contributed by atoms with E-state index in [2.05, 4.69) is 46.8 Å². The molecule has 2 heterocycles. The van der Waals surface area contributed by atoms with Crippen molar-refractivity contribution in [3.8, 4) is 0 Å². The highest BCUT2D eigenvalue weighted by molar-refractivity contribution is 9.09. The highest BCUT2D eigenvalue weighted by Crippen LogP contribution is 2.26. The quantitative estimate of drug-likeness (QED) is 0.765. The lowest BCUT2D eigenvalue weighted by atomic mass is 10.0. The van der Waals surface area contributed by atoms with Gasteiger partial charge < -0.3 is 0 Å². The lowest BCUT2D eigenvalue weighted by molar-refractivity contribution is 0.185. The molecule has 2 unspecified atom stereocenters. The maximum absolute atomic E-state index is 3.76. The molecular formula is C13H20BrNS. The van der Waals surface area contributed by atoms with E-state index in [4.69, 9.17) is 0 Å². The summed E-state index contributed by atoms with van der Waals surface area (Å²) in [4.78, 5) is 6.35. The summed E-state index contributed by atoms with van der Waals surface area (Å²) in [6, 6.07) is 4.58. The summed E-state index contributed by atoms with van der Waals surface area (Å²) >= 11 is 5.73. The van der Waals surface area contributed by atoms with Crippen molar-refractivity contribution in [3.63, 3.8) is 0 Å². The Kier molecular flexibility index (Phi) is 4.45. The SMILES string of the molecule is CCc1ccc(CN2CCC(Br)C(C)C2)s1. The summed E-state index contributed by atoms with van der Waals surface area (Å²) in [6.07, 6.45) is 2.46. The fraction of sp³-hybridized carbons (Fsp3) is 0.692. The minimum Gasteiger partial charge on any atom is -0.298 e. The molecular weight excluding hydrogens is 282 g/mol. The molecule has 0 radical (unpaired) electrons. The number of rotatable bonds is 3. The average Bonchev–Trinajstić information content (AvgIpc) is 2.71. The molecule has 2 rings (SSSR count). The molecule has 1 aromatic heterocycles. The van der Waals surface area contributed by atoms with Gasteiger partial charge in [0, 0.05) is 27.7 Å². The Labute approximate surface area is 111 Å². The van der Waals surface area contributed by atoms with Crippen molar-refractivity contribution < 1.29 is 0 Å². The zero-order valence-electron chi connectivity index (χ0n) is 10.1. The average molecular weight is 302 g/mol. The van der Waals surface area contributed by atoms with Gasteiger partial charge in [-0.25, -0.2) is 0 Å². The number of hydrogen-bond donors (Lipinski definition) is 0. The van der Waals surface area contributed by atoms with E-state index in [-0.39, 0.29) is 0 Å². The third kappa shape index (κ3) is 3.08. The minimum atomic E-state index is 0.721. The number of nitrogens with zero attached hydrogens (tertiary/aromatic N) is 1. The molecule has 1 aliphatic rings. The van der Waals surface area contributed by atoms with E-state index in [1.807, 2.05) is 11.3 Å². The van der Waals surface area contributed by atoms with Gasteiger partial charge in [0.2, 0.25) is 0 Å². The number of halogens is 1. The van der Waals surface area contributed by atoms with Gasteiger partial charge in [-0.1, -0.05) is 29.8 Å². The summed E-state index contributed by atoms with van der Waals surface area (Å²) < 4.78 is 0. The normalized spacial score (nSPS) is 27.2. The van der Waals surface area contributed by atoms with Gasteiger partial charge in [0.05, 0.1) is 0 Å². The summed E-state index contributed by atoms with van der Waals surface area (Å²) in [5.41, 5.74) is 0. The van der Waals surface area contributed by atoms with Gasteiger partial charge in [0.25, 0.3) is 0 Å². The number of likely N-dealkylation sites (tertiary alicyclic amines) is 1. The van der Waals surface area contributed by atoms with E-state index in [9.17, 15) is 0 Å². The number of aryl methyl sites for hydroxylation is 1. The monoisotopic (exact) mass is 301 g/mol. The van der Waals surface area contributed by atoms with E-state index < -0.39 is 0 Å². The smallest absolute Gasteiger partial charge is 0.0328 e.